The minimum absolute atomic E-state index is 0.0300. The highest BCUT2D eigenvalue weighted by Gasteiger charge is 2.36. The lowest BCUT2D eigenvalue weighted by molar-refractivity contribution is -0.140. The highest BCUT2D eigenvalue weighted by atomic mass is 35.5. The normalized spacial score (nSPS) is 11.8. The van der Waals surface area contributed by atoms with Crippen LogP contribution < -0.4 is 19.1 Å². The van der Waals surface area contributed by atoms with Gasteiger partial charge in [0, 0.05) is 35.6 Å². The summed E-state index contributed by atoms with van der Waals surface area (Å²) in [5.41, 5.74) is 2.28. The minimum atomic E-state index is -4.35. The monoisotopic (exact) mass is 697 g/mol. The Bertz CT molecular complexity index is 1800. The Labute approximate surface area is 286 Å². The zero-order chi connectivity index (χ0) is 34.1. The lowest BCUT2D eigenvalue weighted by atomic mass is 10.0. The van der Waals surface area contributed by atoms with E-state index in [4.69, 9.17) is 32.7 Å². The molecule has 0 radical (unpaired) electrons. The molecule has 248 valence electrons. The van der Waals surface area contributed by atoms with E-state index < -0.39 is 34.4 Å². The maximum Gasteiger partial charge on any atom is 0.264 e. The third-order valence-corrected chi connectivity index (χ3v) is 9.88. The number of nitrogens with one attached hydrogen (secondary N) is 1. The molecule has 0 aliphatic heterocycles. The molecule has 0 unspecified atom stereocenters. The maximum atomic E-state index is 14.6. The molecular weight excluding hydrogens is 661 g/mol. The van der Waals surface area contributed by atoms with Crippen LogP contribution in [-0.4, -0.2) is 58.5 Å². The largest absolute Gasteiger partial charge is 0.497 e. The van der Waals surface area contributed by atoms with Crippen molar-refractivity contribution in [3.8, 4) is 11.5 Å². The zero-order valence-corrected chi connectivity index (χ0v) is 28.9. The fraction of sp³-hybridized carbons (Fsp3) is 0.257. The van der Waals surface area contributed by atoms with Gasteiger partial charge >= 0.3 is 0 Å². The number of hydrogen-bond acceptors (Lipinski definition) is 6. The molecule has 2 amide bonds. The minimum Gasteiger partial charge on any atom is -0.497 e. The molecule has 12 heteroatoms. The second-order valence-electron chi connectivity index (χ2n) is 10.7. The van der Waals surface area contributed by atoms with Crippen LogP contribution in [0.2, 0.25) is 10.0 Å². The Morgan fingerprint density at radius 3 is 2.21 bits per heavy atom. The van der Waals surface area contributed by atoms with Crippen LogP contribution in [0.1, 0.15) is 23.6 Å². The molecule has 0 aliphatic carbocycles. The first-order chi connectivity index (χ1) is 22.5. The van der Waals surface area contributed by atoms with Gasteiger partial charge < -0.3 is 19.7 Å². The van der Waals surface area contributed by atoms with Crippen molar-refractivity contribution in [2.75, 3.05) is 31.6 Å². The van der Waals surface area contributed by atoms with E-state index in [0.29, 0.717) is 27.9 Å². The average Bonchev–Trinajstić information content (AvgIpc) is 3.06. The van der Waals surface area contributed by atoms with Crippen molar-refractivity contribution in [1.82, 2.24) is 10.2 Å². The van der Waals surface area contributed by atoms with Gasteiger partial charge in [0.15, 0.2) is 0 Å². The van der Waals surface area contributed by atoms with E-state index in [1.807, 2.05) is 37.3 Å². The van der Waals surface area contributed by atoms with Crippen molar-refractivity contribution in [1.29, 1.82) is 0 Å². The number of benzene rings is 4. The number of anilines is 1. The predicted octanol–water partition coefficient (Wildman–Crippen LogP) is 6.29. The molecular formula is C35H37Cl2N3O6S. The van der Waals surface area contributed by atoms with Crippen molar-refractivity contribution in [3.05, 3.63) is 118 Å². The van der Waals surface area contributed by atoms with Crippen molar-refractivity contribution in [3.63, 3.8) is 0 Å². The van der Waals surface area contributed by atoms with Crippen molar-refractivity contribution in [2.45, 2.75) is 37.8 Å². The third kappa shape index (κ3) is 8.77. The van der Waals surface area contributed by atoms with Crippen LogP contribution >= 0.6 is 23.2 Å². The summed E-state index contributed by atoms with van der Waals surface area (Å²) in [6.45, 7) is 3.18. The fourth-order valence-electron chi connectivity index (χ4n) is 5.02. The highest BCUT2D eigenvalue weighted by Crippen LogP contribution is 2.36. The average molecular weight is 699 g/mol. The van der Waals surface area contributed by atoms with Crippen molar-refractivity contribution in [2.24, 2.45) is 0 Å². The van der Waals surface area contributed by atoms with Gasteiger partial charge in [0.25, 0.3) is 10.0 Å². The summed E-state index contributed by atoms with van der Waals surface area (Å²) >= 11 is 12.7. The van der Waals surface area contributed by atoms with Gasteiger partial charge in [-0.2, -0.15) is 0 Å². The van der Waals surface area contributed by atoms with Crippen LogP contribution in [0.4, 0.5) is 5.69 Å². The van der Waals surface area contributed by atoms with Gasteiger partial charge in [0.05, 0.1) is 24.8 Å². The number of rotatable bonds is 14. The lowest BCUT2D eigenvalue weighted by Gasteiger charge is -2.34. The van der Waals surface area contributed by atoms with E-state index in [-0.39, 0.29) is 29.3 Å². The van der Waals surface area contributed by atoms with Crippen LogP contribution in [0, 0.1) is 6.92 Å². The lowest BCUT2D eigenvalue weighted by Crippen LogP contribution is -2.53. The first-order valence-electron chi connectivity index (χ1n) is 14.8. The Balaban J connectivity index is 1.88. The second-order valence-corrected chi connectivity index (χ2v) is 13.4. The molecule has 9 nitrogen and oxygen atoms in total. The molecule has 0 saturated carbocycles. The third-order valence-electron chi connectivity index (χ3n) is 7.52. The summed E-state index contributed by atoms with van der Waals surface area (Å²) in [4.78, 5) is 29.6. The van der Waals surface area contributed by atoms with Crippen molar-refractivity contribution >= 4 is 50.7 Å². The fourth-order valence-corrected chi connectivity index (χ4v) is 6.91. The number of nitrogens with zero attached hydrogens (tertiary/aromatic N) is 2. The molecule has 4 aromatic rings. The van der Waals surface area contributed by atoms with Crippen LogP contribution in [0.5, 0.6) is 11.5 Å². The molecule has 0 spiro atoms. The molecule has 0 heterocycles. The summed E-state index contributed by atoms with van der Waals surface area (Å²) < 4.78 is 40.7. The molecule has 4 rings (SSSR count). The first kappa shape index (κ1) is 35.6. The summed E-state index contributed by atoms with van der Waals surface area (Å²) in [7, 11) is -1.49. The molecule has 0 bridgehead atoms. The van der Waals surface area contributed by atoms with Crippen LogP contribution in [0.3, 0.4) is 0 Å². The SMILES string of the molecule is CCNC(=O)[C@H](Cc1ccccc1)N(Cc1ccc(Cl)cc1Cl)C(=O)CN(c1cc(OC)ccc1OC)S(=O)(=O)c1ccc(C)cc1. The molecule has 47 heavy (non-hydrogen) atoms. The number of carbonyl (C=O) groups excluding carboxylic acids is 2. The number of halogens is 2. The van der Waals surface area contributed by atoms with Crippen LogP contribution in [0.25, 0.3) is 0 Å². The van der Waals surface area contributed by atoms with E-state index in [1.165, 1.54) is 37.3 Å². The smallest absolute Gasteiger partial charge is 0.264 e. The van der Waals surface area contributed by atoms with E-state index in [0.717, 1.165) is 15.4 Å². The van der Waals surface area contributed by atoms with Gasteiger partial charge in [0.1, 0.15) is 24.1 Å². The predicted molar refractivity (Wildman–Crippen MR) is 185 cm³/mol. The molecule has 0 saturated heterocycles. The number of methoxy groups -OCH3 is 2. The summed E-state index contributed by atoms with van der Waals surface area (Å²) in [5, 5.41) is 3.53. The second kappa shape index (κ2) is 16.0. The number of hydrogen-bond donors (Lipinski definition) is 1. The van der Waals surface area contributed by atoms with Gasteiger partial charge in [-0.15, -0.1) is 0 Å². The number of sulfonamides is 1. The van der Waals surface area contributed by atoms with E-state index in [1.54, 1.807) is 49.4 Å². The standard InChI is InChI=1S/C35H37Cl2N3O6S/c1-5-38-35(42)32(19-25-9-7-6-8-10-25)39(22-26-13-14-27(36)20-30(26)37)34(41)23-40(31-21-28(45-3)15-18-33(31)46-4)47(43,44)29-16-11-24(2)12-17-29/h6-18,20-21,32H,5,19,22-23H2,1-4H3,(H,38,42)/t32-/m0/s1. The molecule has 0 aromatic heterocycles. The van der Waals surface area contributed by atoms with E-state index in [9.17, 15) is 18.0 Å². The van der Waals surface area contributed by atoms with Gasteiger partial charge in [-0.05, 0) is 61.4 Å². The summed E-state index contributed by atoms with van der Waals surface area (Å²) in [5.74, 6) is -0.497. The molecule has 4 aromatic carbocycles. The Morgan fingerprint density at radius 1 is 0.894 bits per heavy atom. The molecule has 0 fully saturated rings. The van der Waals surface area contributed by atoms with Gasteiger partial charge in [0.2, 0.25) is 11.8 Å². The maximum absolute atomic E-state index is 14.6. The quantitative estimate of drug-likeness (QED) is 0.166. The number of aryl methyl sites for hydroxylation is 1. The summed E-state index contributed by atoms with van der Waals surface area (Å²) in [6, 6.07) is 24.1. The summed E-state index contributed by atoms with van der Waals surface area (Å²) in [6.07, 6.45) is 0.164. The zero-order valence-electron chi connectivity index (χ0n) is 26.6. The van der Waals surface area contributed by atoms with Crippen LogP contribution in [-0.2, 0) is 32.6 Å². The van der Waals surface area contributed by atoms with Crippen LogP contribution in [0.15, 0.2) is 95.9 Å². The van der Waals surface area contributed by atoms with Crippen molar-refractivity contribution < 1.29 is 27.5 Å². The van der Waals surface area contributed by atoms with E-state index in [2.05, 4.69) is 5.32 Å². The first-order valence-corrected chi connectivity index (χ1v) is 17.0. The molecule has 1 atom stereocenters. The van der Waals surface area contributed by atoms with E-state index >= 15 is 0 Å². The topological polar surface area (TPSA) is 105 Å². The van der Waals surface area contributed by atoms with Gasteiger partial charge in [-0.25, -0.2) is 8.42 Å². The Kier molecular flexibility index (Phi) is 12.1. The Hall–Kier alpha value is -4.25. The highest BCUT2D eigenvalue weighted by molar-refractivity contribution is 7.92. The number of ether oxygens (including phenoxy) is 2. The molecule has 1 N–H and O–H groups in total. The van der Waals surface area contributed by atoms with Gasteiger partial charge in [-0.3, -0.25) is 13.9 Å². The Morgan fingerprint density at radius 2 is 1.60 bits per heavy atom. The number of amides is 2. The van der Waals surface area contributed by atoms with Gasteiger partial charge in [-0.1, -0.05) is 77.3 Å². The molecule has 0 aliphatic rings. The number of carbonyl (C=O) groups is 2. The number of likely N-dealkylation sites (N-methyl/N-ethyl adjacent to an activating group) is 1.